The second-order valence-corrected chi connectivity index (χ2v) is 4.52. The highest BCUT2D eigenvalue weighted by molar-refractivity contribution is 6.25. The van der Waals surface area contributed by atoms with Crippen molar-refractivity contribution in [2.45, 2.75) is 13.8 Å². The molecule has 90 valence electrons. The van der Waals surface area contributed by atoms with Gasteiger partial charge in [-0.25, -0.2) is 0 Å². The molecule has 0 atom stereocenters. The Kier molecular flexibility index (Phi) is 2.06. The van der Waals surface area contributed by atoms with Gasteiger partial charge in [-0.1, -0.05) is 18.2 Å². The number of hydrogen-bond donors (Lipinski definition) is 1. The Morgan fingerprint density at radius 3 is 2.56 bits per heavy atom. The van der Waals surface area contributed by atoms with Gasteiger partial charge in [-0.3, -0.25) is 14.8 Å². The Balaban J connectivity index is 2.58. The Bertz CT molecular complexity index is 719. The van der Waals surface area contributed by atoms with E-state index in [4.69, 9.17) is 0 Å². The van der Waals surface area contributed by atoms with E-state index in [1.54, 1.807) is 12.1 Å². The lowest BCUT2D eigenvalue weighted by Crippen LogP contribution is -2.38. The van der Waals surface area contributed by atoms with Gasteiger partial charge in [0, 0.05) is 5.39 Å². The van der Waals surface area contributed by atoms with Crippen molar-refractivity contribution >= 4 is 22.6 Å². The number of rotatable bonds is 0. The number of carbonyl (C=O) groups is 2. The number of hydrogen-bond acceptors (Lipinski definition) is 3. The van der Waals surface area contributed by atoms with Gasteiger partial charge in [0.15, 0.2) is 0 Å². The lowest BCUT2D eigenvalue weighted by molar-refractivity contribution is -0.0378. The fraction of sp³-hybridized carbons (Fsp3) is 0.143. The number of hydroxylamine groups is 2. The molecule has 18 heavy (non-hydrogen) atoms. The molecule has 1 aliphatic heterocycles. The smallest absolute Gasteiger partial charge is 0.278 e. The van der Waals surface area contributed by atoms with E-state index in [0.717, 1.165) is 16.5 Å². The van der Waals surface area contributed by atoms with Crippen LogP contribution in [0.5, 0.6) is 0 Å². The third-order valence-corrected chi connectivity index (χ3v) is 3.51. The molecule has 3 rings (SSSR count). The number of aryl methyl sites for hydroxylation is 1. The topological polar surface area (TPSA) is 57.6 Å². The second kappa shape index (κ2) is 3.40. The van der Waals surface area contributed by atoms with E-state index in [1.807, 2.05) is 26.0 Å². The van der Waals surface area contributed by atoms with Crippen LogP contribution in [0.4, 0.5) is 0 Å². The monoisotopic (exact) mass is 241 g/mol. The van der Waals surface area contributed by atoms with Crippen LogP contribution in [0.15, 0.2) is 24.3 Å². The average Bonchev–Trinajstić information content (AvgIpc) is 2.36. The minimum atomic E-state index is -0.665. The van der Waals surface area contributed by atoms with Crippen molar-refractivity contribution in [2.75, 3.05) is 0 Å². The minimum Gasteiger partial charge on any atom is -0.278 e. The Labute approximate surface area is 103 Å². The average molecular weight is 241 g/mol. The Morgan fingerprint density at radius 1 is 1.11 bits per heavy atom. The summed E-state index contributed by atoms with van der Waals surface area (Å²) in [6, 6.07) is 7.18. The molecule has 0 fully saturated rings. The Morgan fingerprint density at radius 2 is 1.83 bits per heavy atom. The molecular formula is C14H11NO3. The molecule has 0 aromatic heterocycles. The Hall–Kier alpha value is -2.20. The maximum Gasteiger partial charge on any atom is 0.285 e. The number of carbonyl (C=O) groups excluding carboxylic acids is 2. The van der Waals surface area contributed by atoms with E-state index in [9.17, 15) is 14.8 Å². The summed E-state index contributed by atoms with van der Waals surface area (Å²) < 4.78 is 0. The fourth-order valence-electron chi connectivity index (χ4n) is 2.45. The highest BCUT2D eigenvalue weighted by Gasteiger charge is 2.33. The van der Waals surface area contributed by atoms with Gasteiger partial charge >= 0.3 is 0 Å². The molecule has 0 aliphatic carbocycles. The largest absolute Gasteiger partial charge is 0.285 e. The molecule has 0 saturated carbocycles. The lowest BCUT2D eigenvalue weighted by atomic mass is 9.89. The molecule has 0 bridgehead atoms. The second-order valence-electron chi connectivity index (χ2n) is 4.52. The normalized spacial score (nSPS) is 14.5. The van der Waals surface area contributed by atoms with Crippen LogP contribution in [0.3, 0.4) is 0 Å². The van der Waals surface area contributed by atoms with Crippen LogP contribution < -0.4 is 0 Å². The maximum atomic E-state index is 12.0. The summed E-state index contributed by atoms with van der Waals surface area (Å²) in [6.45, 7) is 3.73. The molecular weight excluding hydrogens is 230 g/mol. The van der Waals surface area contributed by atoms with E-state index >= 15 is 0 Å². The third kappa shape index (κ3) is 1.18. The summed E-state index contributed by atoms with van der Waals surface area (Å²) in [5, 5.41) is 11.3. The van der Waals surface area contributed by atoms with Gasteiger partial charge in [-0.15, -0.1) is 5.06 Å². The van der Waals surface area contributed by atoms with Gasteiger partial charge in [0.2, 0.25) is 0 Å². The van der Waals surface area contributed by atoms with E-state index in [-0.39, 0.29) is 5.06 Å². The van der Waals surface area contributed by atoms with Crippen LogP contribution in [0.1, 0.15) is 31.8 Å². The predicted octanol–water partition coefficient (Wildman–Crippen LogP) is 2.44. The van der Waals surface area contributed by atoms with Crippen molar-refractivity contribution in [1.82, 2.24) is 5.06 Å². The summed E-state index contributed by atoms with van der Waals surface area (Å²) in [5.41, 5.74) is 2.55. The van der Waals surface area contributed by atoms with Crippen molar-refractivity contribution in [3.63, 3.8) is 0 Å². The van der Waals surface area contributed by atoms with Gasteiger partial charge < -0.3 is 0 Å². The van der Waals surface area contributed by atoms with Crippen LogP contribution in [-0.4, -0.2) is 22.1 Å². The van der Waals surface area contributed by atoms with Gasteiger partial charge in [-0.2, -0.15) is 0 Å². The van der Waals surface area contributed by atoms with Crippen LogP contribution in [0, 0.1) is 13.8 Å². The first kappa shape index (κ1) is 10.9. The highest BCUT2D eigenvalue weighted by Crippen LogP contribution is 2.33. The van der Waals surface area contributed by atoms with Crippen LogP contribution in [0.2, 0.25) is 0 Å². The first-order chi connectivity index (χ1) is 8.52. The van der Waals surface area contributed by atoms with E-state index in [0.29, 0.717) is 16.5 Å². The highest BCUT2D eigenvalue weighted by atomic mass is 16.5. The molecule has 2 amide bonds. The third-order valence-electron chi connectivity index (χ3n) is 3.51. The van der Waals surface area contributed by atoms with Gasteiger partial charge in [-0.05, 0) is 36.4 Å². The number of amides is 2. The van der Waals surface area contributed by atoms with Crippen molar-refractivity contribution in [1.29, 1.82) is 0 Å². The van der Waals surface area contributed by atoms with Crippen molar-refractivity contribution in [3.05, 3.63) is 46.5 Å². The molecule has 4 nitrogen and oxygen atoms in total. The molecule has 1 heterocycles. The van der Waals surface area contributed by atoms with Crippen LogP contribution in [0.25, 0.3) is 10.8 Å². The predicted molar refractivity (Wildman–Crippen MR) is 65.7 cm³/mol. The zero-order valence-electron chi connectivity index (χ0n) is 10.0. The summed E-state index contributed by atoms with van der Waals surface area (Å²) in [6.07, 6.45) is 0. The maximum absolute atomic E-state index is 12.0. The standard InChI is InChI=1S/C14H11NO3/c1-7-6-9-4-3-5-10-12(9)11(8(7)2)14(17)15(18)13(10)16/h3-6,18H,1-2H3. The molecule has 1 N–H and O–H groups in total. The van der Waals surface area contributed by atoms with E-state index < -0.39 is 11.8 Å². The summed E-state index contributed by atoms with van der Waals surface area (Å²) in [7, 11) is 0. The first-order valence-corrected chi connectivity index (χ1v) is 5.63. The number of imide groups is 1. The minimum absolute atomic E-state index is 0.198. The molecule has 0 unspecified atom stereocenters. The molecule has 0 spiro atoms. The van der Waals surface area contributed by atoms with Gasteiger partial charge in [0.25, 0.3) is 11.8 Å². The zero-order chi connectivity index (χ0) is 13.0. The van der Waals surface area contributed by atoms with E-state index in [2.05, 4.69) is 0 Å². The lowest BCUT2D eigenvalue weighted by Gasteiger charge is -2.24. The van der Waals surface area contributed by atoms with Crippen LogP contribution in [-0.2, 0) is 0 Å². The molecule has 2 aromatic rings. The number of benzene rings is 2. The van der Waals surface area contributed by atoms with Gasteiger partial charge in [0.05, 0.1) is 11.1 Å². The molecule has 4 heteroatoms. The van der Waals surface area contributed by atoms with Crippen LogP contribution >= 0.6 is 0 Å². The van der Waals surface area contributed by atoms with Gasteiger partial charge in [0.1, 0.15) is 0 Å². The fourth-order valence-corrected chi connectivity index (χ4v) is 2.45. The molecule has 0 radical (unpaired) electrons. The molecule has 2 aromatic carbocycles. The summed E-state index contributed by atoms with van der Waals surface area (Å²) in [5.74, 6) is -1.31. The molecule has 0 saturated heterocycles. The van der Waals surface area contributed by atoms with E-state index in [1.165, 1.54) is 0 Å². The van der Waals surface area contributed by atoms with Crippen molar-refractivity contribution < 1.29 is 14.8 Å². The quantitative estimate of drug-likeness (QED) is 0.569. The SMILES string of the molecule is Cc1cc2cccc3c2c(c1C)C(=O)N(O)C3=O. The molecule has 1 aliphatic rings. The summed E-state index contributed by atoms with van der Waals surface area (Å²) >= 11 is 0. The number of nitrogens with zero attached hydrogens (tertiary/aromatic N) is 1. The van der Waals surface area contributed by atoms with Crippen molar-refractivity contribution in [2.24, 2.45) is 0 Å². The van der Waals surface area contributed by atoms with Crippen molar-refractivity contribution in [3.8, 4) is 0 Å². The zero-order valence-corrected chi connectivity index (χ0v) is 10.0. The summed E-state index contributed by atoms with van der Waals surface area (Å²) in [4.78, 5) is 23.9. The first-order valence-electron chi connectivity index (χ1n) is 5.63.